The molecule has 0 spiro atoms. The van der Waals surface area contributed by atoms with Gasteiger partial charge in [-0.05, 0) is 72.8 Å². The fourth-order valence-electron chi connectivity index (χ4n) is 4.51. The van der Waals surface area contributed by atoms with Gasteiger partial charge in [-0.3, -0.25) is 4.79 Å². The summed E-state index contributed by atoms with van der Waals surface area (Å²) in [5, 5.41) is 0. The van der Waals surface area contributed by atoms with Crippen molar-refractivity contribution < 1.29 is 4.79 Å². The molecule has 130 valence electrons. The number of amides is 1. The fourth-order valence-corrected chi connectivity index (χ4v) is 4.51. The Balaban J connectivity index is 1.49. The molecule has 1 aliphatic heterocycles. The molecule has 0 N–H and O–H groups in total. The lowest BCUT2D eigenvalue weighted by Crippen LogP contribution is -2.35. The average Bonchev–Trinajstić information content (AvgIpc) is 3.03. The van der Waals surface area contributed by atoms with Crippen molar-refractivity contribution in [2.45, 2.75) is 51.9 Å². The van der Waals surface area contributed by atoms with Crippen LogP contribution in [0.3, 0.4) is 0 Å². The van der Waals surface area contributed by atoms with Crippen LogP contribution >= 0.6 is 0 Å². The van der Waals surface area contributed by atoms with Crippen LogP contribution in [0.1, 0.15) is 48.4 Å². The van der Waals surface area contributed by atoms with Crippen LogP contribution in [-0.4, -0.2) is 12.5 Å². The summed E-state index contributed by atoms with van der Waals surface area (Å²) in [6.07, 6.45) is 7.31. The van der Waals surface area contributed by atoms with Crippen LogP contribution in [-0.2, 0) is 30.5 Å². The number of carbonyl (C=O) groups excluding carboxylic acids is 1. The Bertz CT molecular complexity index is 754. The standard InChI is InChI=1S/C23H27NO/c1-2-6-23(25)24-12-5-9-21-14-17(10-11-22(21)24)13-18-15-19-7-3-4-8-20(19)16-18/h3-4,7-8,10-11,14,18H,2,5-6,9,12-13,15-16H2,1H3. The summed E-state index contributed by atoms with van der Waals surface area (Å²) >= 11 is 0. The van der Waals surface area contributed by atoms with E-state index < -0.39 is 0 Å². The molecule has 2 aliphatic rings. The van der Waals surface area contributed by atoms with Gasteiger partial charge in [0.05, 0.1) is 0 Å². The second-order valence-corrected chi connectivity index (χ2v) is 7.61. The number of fused-ring (bicyclic) bond motifs is 2. The van der Waals surface area contributed by atoms with E-state index in [0.29, 0.717) is 6.42 Å². The monoisotopic (exact) mass is 333 g/mol. The molecule has 0 fully saturated rings. The third kappa shape index (κ3) is 3.35. The number of anilines is 1. The Labute approximate surface area is 150 Å². The maximum atomic E-state index is 12.4. The lowest BCUT2D eigenvalue weighted by atomic mass is 9.92. The van der Waals surface area contributed by atoms with Crippen molar-refractivity contribution in [1.82, 2.24) is 0 Å². The minimum absolute atomic E-state index is 0.280. The van der Waals surface area contributed by atoms with Crippen LogP contribution < -0.4 is 4.90 Å². The van der Waals surface area contributed by atoms with E-state index in [1.807, 2.05) is 4.90 Å². The predicted octanol–water partition coefficient (Wildman–Crippen LogP) is 4.72. The highest BCUT2D eigenvalue weighted by Gasteiger charge is 2.24. The second-order valence-electron chi connectivity index (χ2n) is 7.61. The van der Waals surface area contributed by atoms with Gasteiger partial charge in [0.2, 0.25) is 5.91 Å². The van der Waals surface area contributed by atoms with Gasteiger partial charge in [-0.1, -0.05) is 43.3 Å². The molecule has 4 rings (SSSR count). The molecule has 2 nitrogen and oxygen atoms in total. The zero-order valence-electron chi connectivity index (χ0n) is 15.1. The van der Waals surface area contributed by atoms with Crippen LogP contribution in [0.25, 0.3) is 0 Å². The number of carbonyl (C=O) groups is 1. The Morgan fingerprint density at radius 2 is 1.84 bits per heavy atom. The number of aryl methyl sites for hydroxylation is 1. The topological polar surface area (TPSA) is 20.3 Å². The summed E-state index contributed by atoms with van der Waals surface area (Å²) in [6, 6.07) is 15.7. The molecule has 2 aromatic rings. The van der Waals surface area contributed by atoms with E-state index in [0.717, 1.165) is 43.8 Å². The molecule has 1 amide bonds. The van der Waals surface area contributed by atoms with Crippen LogP contribution in [0, 0.1) is 5.92 Å². The van der Waals surface area contributed by atoms with Gasteiger partial charge in [0.1, 0.15) is 0 Å². The predicted molar refractivity (Wildman–Crippen MR) is 103 cm³/mol. The van der Waals surface area contributed by atoms with Crippen molar-refractivity contribution in [3.05, 3.63) is 64.7 Å². The van der Waals surface area contributed by atoms with E-state index in [1.165, 1.54) is 35.1 Å². The molecule has 0 bridgehead atoms. The maximum absolute atomic E-state index is 12.4. The number of nitrogens with zero attached hydrogens (tertiary/aromatic N) is 1. The van der Waals surface area contributed by atoms with Gasteiger partial charge in [-0.15, -0.1) is 0 Å². The first-order valence-electron chi connectivity index (χ1n) is 9.73. The van der Waals surface area contributed by atoms with Crippen molar-refractivity contribution in [3.63, 3.8) is 0 Å². The van der Waals surface area contributed by atoms with Crippen molar-refractivity contribution >= 4 is 11.6 Å². The third-order valence-corrected chi connectivity index (χ3v) is 5.69. The molecule has 0 radical (unpaired) electrons. The number of hydrogen-bond acceptors (Lipinski definition) is 1. The molecular formula is C23H27NO. The van der Waals surface area contributed by atoms with Crippen molar-refractivity contribution in [2.24, 2.45) is 5.92 Å². The van der Waals surface area contributed by atoms with Crippen LogP contribution in [0.4, 0.5) is 5.69 Å². The highest BCUT2D eigenvalue weighted by Crippen LogP contribution is 2.32. The van der Waals surface area contributed by atoms with E-state index in [2.05, 4.69) is 49.4 Å². The summed E-state index contributed by atoms with van der Waals surface area (Å²) in [7, 11) is 0. The molecule has 2 aromatic carbocycles. The van der Waals surface area contributed by atoms with E-state index in [-0.39, 0.29) is 5.91 Å². The van der Waals surface area contributed by atoms with Crippen LogP contribution in [0.2, 0.25) is 0 Å². The summed E-state index contributed by atoms with van der Waals surface area (Å²) in [5.74, 6) is 0.999. The van der Waals surface area contributed by atoms with Crippen LogP contribution in [0.15, 0.2) is 42.5 Å². The number of rotatable bonds is 4. The number of hydrogen-bond donors (Lipinski definition) is 0. The van der Waals surface area contributed by atoms with Gasteiger partial charge in [0.25, 0.3) is 0 Å². The average molecular weight is 333 g/mol. The fraction of sp³-hybridized carbons (Fsp3) is 0.435. The zero-order chi connectivity index (χ0) is 17.2. The third-order valence-electron chi connectivity index (χ3n) is 5.69. The van der Waals surface area contributed by atoms with Crippen molar-refractivity contribution in [1.29, 1.82) is 0 Å². The van der Waals surface area contributed by atoms with E-state index in [4.69, 9.17) is 0 Å². The molecule has 0 saturated carbocycles. The van der Waals surface area contributed by atoms with Crippen molar-refractivity contribution in [3.8, 4) is 0 Å². The molecule has 0 saturated heterocycles. The summed E-state index contributed by atoms with van der Waals surface area (Å²) in [4.78, 5) is 14.4. The molecule has 2 heteroatoms. The molecule has 1 heterocycles. The lowest BCUT2D eigenvalue weighted by molar-refractivity contribution is -0.118. The molecule has 1 aliphatic carbocycles. The highest BCUT2D eigenvalue weighted by atomic mass is 16.2. The molecule has 0 aromatic heterocycles. The van der Waals surface area contributed by atoms with Crippen LogP contribution in [0.5, 0.6) is 0 Å². The summed E-state index contributed by atoms with van der Waals surface area (Å²) in [5.41, 5.74) is 7.01. The maximum Gasteiger partial charge on any atom is 0.226 e. The molecule has 25 heavy (non-hydrogen) atoms. The Kier molecular flexibility index (Phi) is 4.61. The van der Waals surface area contributed by atoms with Gasteiger partial charge in [0, 0.05) is 18.7 Å². The second kappa shape index (κ2) is 7.03. The van der Waals surface area contributed by atoms with Gasteiger partial charge in [-0.2, -0.15) is 0 Å². The summed E-state index contributed by atoms with van der Waals surface area (Å²) in [6.45, 7) is 2.95. The number of benzene rings is 2. The molecule has 0 atom stereocenters. The minimum Gasteiger partial charge on any atom is -0.312 e. The Morgan fingerprint density at radius 1 is 1.08 bits per heavy atom. The normalized spacial score (nSPS) is 16.6. The van der Waals surface area contributed by atoms with E-state index in [9.17, 15) is 4.79 Å². The van der Waals surface area contributed by atoms with Gasteiger partial charge in [-0.25, -0.2) is 0 Å². The van der Waals surface area contributed by atoms with E-state index >= 15 is 0 Å². The quantitative estimate of drug-likeness (QED) is 0.792. The lowest BCUT2D eigenvalue weighted by Gasteiger charge is -2.30. The van der Waals surface area contributed by atoms with Crippen molar-refractivity contribution in [2.75, 3.05) is 11.4 Å². The minimum atomic E-state index is 0.280. The zero-order valence-corrected chi connectivity index (χ0v) is 15.1. The van der Waals surface area contributed by atoms with Gasteiger partial charge in [0.15, 0.2) is 0 Å². The SMILES string of the molecule is CCCC(=O)N1CCCc2cc(CC3Cc4ccccc4C3)ccc21. The Morgan fingerprint density at radius 3 is 2.56 bits per heavy atom. The smallest absolute Gasteiger partial charge is 0.226 e. The first-order chi connectivity index (χ1) is 12.2. The van der Waals surface area contributed by atoms with E-state index in [1.54, 1.807) is 0 Å². The largest absolute Gasteiger partial charge is 0.312 e. The Hall–Kier alpha value is -2.09. The first-order valence-corrected chi connectivity index (χ1v) is 9.73. The van der Waals surface area contributed by atoms with Gasteiger partial charge >= 0.3 is 0 Å². The van der Waals surface area contributed by atoms with Gasteiger partial charge < -0.3 is 4.90 Å². The molecule has 0 unspecified atom stereocenters. The highest BCUT2D eigenvalue weighted by molar-refractivity contribution is 5.94. The summed E-state index contributed by atoms with van der Waals surface area (Å²) < 4.78 is 0. The first kappa shape index (κ1) is 16.4. The molecular weight excluding hydrogens is 306 g/mol.